The molecular formula is C23H23Cl2N3O5S2. The van der Waals surface area contributed by atoms with Crippen LogP contribution >= 0.6 is 23.2 Å². The zero-order valence-corrected chi connectivity index (χ0v) is 22.1. The van der Waals surface area contributed by atoms with Crippen LogP contribution in [0, 0.1) is 6.92 Å². The van der Waals surface area contributed by atoms with Crippen LogP contribution in [0.5, 0.6) is 0 Å². The van der Waals surface area contributed by atoms with E-state index in [1.807, 2.05) is 0 Å². The predicted octanol–water partition coefficient (Wildman–Crippen LogP) is 4.90. The minimum Gasteiger partial charge on any atom is -0.324 e. The lowest BCUT2D eigenvalue weighted by Gasteiger charge is -2.28. The zero-order chi connectivity index (χ0) is 26.0. The Hall–Kier alpha value is -2.79. The van der Waals surface area contributed by atoms with Crippen molar-refractivity contribution in [3.05, 3.63) is 82.3 Å². The number of halogens is 2. The first-order valence-electron chi connectivity index (χ1n) is 10.2. The van der Waals surface area contributed by atoms with Crippen LogP contribution in [0.25, 0.3) is 0 Å². The molecule has 0 unspecified atom stereocenters. The Labute approximate surface area is 215 Å². The van der Waals surface area contributed by atoms with E-state index < -0.39 is 32.0 Å². The lowest BCUT2D eigenvalue weighted by Crippen LogP contribution is -2.45. The van der Waals surface area contributed by atoms with Gasteiger partial charge < -0.3 is 5.32 Å². The predicted molar refractivity (Wildman–Crippen MR) is 140 cm³/mol. The number of hydrogen-bond donors (Lipinski definition) is 2. The van der Waals surface area contributed by atoms with Crippen molar-refractivity contribution in [3.8, 4) is 0 Å². The maximum absolute atomic E-state index is 12.8. The molecule has 0 bridgehead atoms. The molecule has 0 spiro atoms. The summed E-state index contributed by atoms with van der Waals surface area (Å²) in [7, 11) is -7.69. The van der Waals surface area contributed by atoms with Crippen molar-refractivity contribution >= 4 is 66.2 Å². The first-order valence-corrected chi connectivity index (χ1v) is 14.3. The van der Waals surface area contributed by atoms with Crippen LogP contribution in [0.3, 0.4) is 0 Å². The molecule has 0 aromatic heterocycles. The highest BCUT2D eigenvalue weighted by Crippen LogP contribution is 2.25. The van der Waals surface area contributed by atoms with Gasteiger partial charge >= 0.3 is 0 Å². The van der Waals surface area contributed by atoms with E-state index >= 15 is 0 Å². The Kier molecular flexibility index (Phi) is 8.00. The fourth-order valence-electron chi connectivity index (χ4n) is 3.23. The third-order valence-electron chi connectivity index (χ3n) is 5.03. The van der Waals surface area contributed by atoms with Crippen molar-refractivity contribution in [1.29, 1.82) is 0 Å². The van der Waals surface area contributed by atoms with Gasteiger partial charge in [-0.25, -0.2) is 16.8 Å². The smallest absolute Gasteiger partial charge is 0.261 e. The van der Waals surface area contributed by atoms with Gasteiger partial charge in [-0.3, -0.25) is 13.8 Å². The lowest BCUT2D eigenvalue weighted by molar-refractivity contribution is -0.116. The van der Waals surface area contributed by atoms with Crippen molar-refractivity contribution in [3.63, 3.8) is 0 Å². The third kappa shape index (κ3) is 6.66. The monoisotopic (exact) mass is 555 g/mol. The van der Waals surface area contributed by atoms with E-state index in [-0.39, 0.29) is 10.6 Å². The van der Waals surface area contributed by atoms with E-state index in [1.54, 1.807) is 19.1 Å². The fourth-order valence-corrected chi connectivity index (χ4v) is 5.76. The topological polar surface area (TPSA) is 113 Å². The number of hydrogen-bond acceptors (Lipinski definition) is 5. The quantitative estimate of drug-likeness (QED) is 0.410. The largest absolute Gasteiger partial charge is 0.324 e. The Morgan fingerprint density at radius 3 is 2.00 bits per heavy atom. The summed E-state index contributed by atoms with van der Waals surface area (Å²) >= 11 is 11.9. The van der Waals surface area contributed by atoms with Crippen molar-refractivity contribution in [2.75, 3.05) is 20.6 Å². The number of anilines is 3. The number of nitrogens with one attached hydrogen (secondary N) is 2. The summed E-state index contributed by atoms with van der Waals surface area (Å²) in [6.07, 6.45) is 0.999. The molecule has 35 heavy (non-hydrogen) atoms. The van der Waals surface area contributed by atoms with Crippen LogP contribution in [-0.2, 0) is 24.8 Å². The zero-order valence-electron chi connectivity index (χ0n) is 19.0. The number of nitrogens with zero attached hydrogens (tertiary/aromatic N) is 1. The highest BCUT2D eigenvalue weighted by molar-refractivity contribution is 7.92. The molecule has 0 radical (unpaired) electrons. The molecule has 3 aromatic rings. The number of carbonyl (C=O) groups excluding carboxylic acids is 1. The summed E-state index contributed by atoms with van der Waals surface area (Å²) in [5, 5.41) is 3.47. The molecule has 186 valence electrons. The van der Waals surface area contributed by atoms with Crippen LogP contribution < -0.4 is 14.3 Å². The second-order valence-electron chi connectivity index (χ2n) is 7.79. The van der Waals surface area contributed by atoms with E-state index in [4.69, 9.17) is 23.2 Å². The van der Waals surface area contributed by atoms with Gasteiger partial charge in [0.05, 0.1) is 22.5 Å². The highest BCUT2D eigenvalue weighted by Gasteiger charge is 2.29. The third-order valence-corrected chi connectivity index (χ3v) is 8.32. The summed E-state index contributed by atoms with van der Waals surface area (Å²) in [5.74, 6) is -0.603. The van der Waals surface area contributed by atoms with Crippen molar-refractivity contribution < 1.29 is 21.6 Å². The van der Waals surface area contributed by atoms with Crippen LogP contribution in [0.1, 0.15) is 12.5 Å². The first-order chi connectivity index (χ1) is 16.3. The van der Waals surface area contributed by atoms with Gasteiger partial charge in [-0.15, -0.1) is 0 Å². The lowest BCUT2D eigenvalue weighted by atomic mass is 10.2. The molecule has 0 aliphatic carbocycles. The minimum absolute atomic E-state index is 0.0285. The van der Waals surface area contributed by atoms with Crippen molar-refractivity contribution in [2.45, 2.75) is 24.8 Å². The van der Waals surface area contributed by atoms with E-state index in [2.05, 4.69) is 10.0 Å². The van der Waals surface area contributed by atoms with E-state index in [0.29, 0.717) is 21.4 Å². The summed E-state index contributed by atoms with van der Waals surface area (Å²) in [6, 6.07) is 15.2. The maximum atomic E-state index is 12.8. The molecule has 1 amide bonds. The Balaban J connectivity index is 1.76. The van der Waals surface area contributed by atoms with Gasteiger partial charge in [-0.05, 0) is 80.1 Å². The molecule has 8 nitrogen and oxygen atoms in total. The van der Waals surface area contributed by atoms with Crippen LogP contribution in [-0.4, -0.2) is 35.0 Å². The minimum atomic E-state index is -3.90. The summed E-state index contributed by atoms with van der Waals surface area (Å²) < 4.78 is 53.6. The van der Waals surface area contributed by atoms with E-state index in [1.165, 1.54) is 61.5 Å². The van der Waals surface area contributed by atoms with Crippen molar-refractivity contribution in [1.82, 2.24) is 0 Å². The molecule has 2 N–H and O–H groups in total. The van der Waals surface area contributed by atoms with Gasteiger partial charge in [0, 0.05) is 15.7 Å². The first kappa shape index (κ1) is 26.8. The number of benzene rings is 3. The second-order valence-corrected chi connectivity index (χ2v) is 12.2. The number of aryl methyl sites for hydroxylation is 1. The van der Waals surface area contributed by atoms with E-state index in [0.717, 1.165) is 16.1 Å². The maximum Gasteiger partial charge on any atom is 0.261 e. The van der Waals surface area contributed by atoms with Crippen LogP contribution in [0.2, 0.25) is 10.0 Å². The molecular weight excluding hydrogens is 533 g/mol. The van der Waals surface area contributed by atoms with Gasteiger partial charge in [0.2, 0.25) is 15.9 Å². The average Bonchev–Trinajstić information content (AvgIpc) is 2.77. The number of sulfonamides is 2. The molecule has 0 fully saturated rings. The van der Waals surface area contributed by atoms with Gasteiger partial charge in [0.15, 0.2) is 0 Å². The Morgan fingerprint density at radius 1 is 0.886 bits per heavy atom. The van der Waals surface area contributed by atoms with E-state index in [9.17, 15) is 21.6 Å². The normalized spacial score (nSPS) is 12.6. The average molecular weight is 556 g/mol. The Morgan fingerprint density at radius 2 is 1.46 bits per heavy atom. The van der Waals surface area contributed by atoms with Crippen molar-refractivity contribution in [2.24, 2.45) is 0 Å². The molecule has 0 saturated heterocycles. The summed E-state index contributed by atoms with van der Waals surface area (Å²) in [6.45, 7) is 3.25. The SMILES string of the molecule is Cc1ccc(NS(=O)(=O)c2ccc(NC(=O)[C@@H](C)N(c3ccc(Cl)cc3)S(C)(=O)=O)cc2)cc1Cl. The number of rotatable bonds is 8. The number of amides is 1. The highest BCUT2D eigenvalue weighted by atomic mass is 35.5. The van der Waals surface area contributed by atoms with Gasteiger partial charge in [-0.2, -0.15) is 0 Å². The van der Waals surface area contributed by atoms with Crippen LogP contribution in [0.15, 0.2) is 71.6 Å². The summed E-state index contributed by atoms with van der Waals surface area (Å²) in [4.78, 5) is 12.8. The molecule has 12 heteroatoms. The Bertz CT molecular complexity index is 1440. The van der Waals surface area contributed by atoms with Gasteiger partial charge in [-0.1, -0.05) is 29.3 Å². The number of carbonyl (C=O) groups is 1. The molecule has 3 rings (SSSR count). The molecule has 0 heterocycles. The van der Waals surface area contributed by atoms with Crippen LogP contribution in [0.4, 0.5) is 17.1 Å². The van der Waals surface area contributed by atoms with Gasteiger partial charge in [0.25, 0.3) is 10.0 Å². The molecule has 3 aromatic carbocycles. The molecule has 0 aliphatic heterocycles. The molecule has 0 aliphatic rings. The molecule has 0 saturated carbocycles. The summed E-state index contributed by atoms with van der Waals surface area (Å²) in [5.41, 5.74) is 1.70. The molecule has 1 atom stereocenters. The second kappa shape index (κ2) is 10.4. The van der Waals surface area contributed by atoms with Gasteiger partial charge in [0.1, 0.15) is 6.04 Å². The fraction of sp³-hybridized carbons (Fsp3) is 0.174. The standard InChI is InChI=1S/C23H23Cl2N3O5S2/c1-15-4-7-19(14-22(15)25)27-35(32,33)21-12-8-18(9-13-21)26-23(29)16(2)28(34(3,30)31)20-10-5-17(24)6-11-20/h4-14,16,27H,1-3H3,(H,26,29)/t16-/m1/s1.